The Morgan fingerprint density at radius 3 is 2.05 bits per heavy atom. The lowest BCUT2D eigenvalue weighted by Crippen LogP contribution is -2.28. The number of rotatable bonds is 10. The number of ether oxygens (including phenoxy) is 2. The summed E-state index contributed by atoms with van der Waals surface area (Å²) < 4.78 is 9.87. The topological polar surface area (TPSA) is 52.6 Å². The van der Waals surface area contributed by atoms with Crippen LogP contribution < -0.4 is 0 Å². The van der Waals surface area contributed by atoms with Crippen LogP contribution in [0.2, 0.25) is 0 Å². The smallest absolute Gasteiger partial charge is 0.320 e. The molecule has 0 amide bonds. The molecule has 0 aliphatic heterocycles. The summed E-state index contributed by atoms with van der Waals surface area (Å²) in [5.74, 6) is -1.76. The Labute approximate surface area is 122 Å². The number of carbonyl (C=O) groups excluding carboxylic acids is 2. The van der Waals surface area contributed by atoms with E-state index in [1.165, 1.54) is 18.4 Å². The third kappa shape index (κ3) is 7.97. The summed E-state index contributed by atoms with van der Waals surface area (Å²) in [6.07, 6.45) is 6.64. The van der Waals surface area contributed by atoms with E-state index in [1.807, 2.05) is 0 Å². The van der Waals surface area contributed by atoms with Crippen molar-refractivity contribution in [3.8, 4) is 0 Å². The van der Waals surface area contributed by atoms with E-state index in [9.17, 15) is 9.59 Å². The van der Waals surface area contributed by atoms with Crippen LogP contribution in [0.1, 0.15) is 59.8 Å². The normalized spacial score (nSPS) is 11.6. The summed E-state index contributed by atoms with van der Waals surface area (Å²) in [7, 11) is 0. The standard InChI is InChI=1S/C16H28O4/c1-5-8-10-13(4)11-9-12-14(15(17)19-6-2)16(18)20-7-3/h11,14H,5-10,12H2,1-4H3/b13-11+. The molecule has 0 heterocycles. The molecule has 20 heavy (non-hydrogen) atoms. The van der Waals surface area contributed by atoms with Gasteiger partial charge in [-0.2, -0.15) is 0 Å². The zero-order valence-electron chi connectivity index (χ0n) is 13.2. The Kier molecular flexibility index (Phi) is 10.7. The van der Waals surface area contributed by atoms with Gasteiger partial charge in [0.15, 0.2) is 5.92 Å². The molecular formula is C16H28O4. The van der Waals surface area contributed by atoms with E-state index >= 15 is 0 Å². The van der Waals surface area contributed by atoms with Gasteiger partial charge in [0.2, 0.25) is 0 Å². The van der Waals surface area contributed by atoms with Crippen LogP contribution in [0.25, 0.3) is 0 Å². The third-order valence-electron chi connectivity index (χ3n) is 3.02. The Balaban J connectivity index is 4.42. The summed E-state index contributed by atoms with van der Waals surface area (Å²) in [4.78, 5) is 23.5. The molecule has 0 atom stereocenters. The molecule has 0 aromatic heterocycles. The Hall–Kier alpha value is -1.32. The number of carbonyl (C=O) groups is 2. The summed E-state index contributed by atoms with van der Waals surface area (Å²) >= 11 is 0. The van der Waals surface area contributed by atoms with E-state index in [0.29, 0.717) is 12.8 Å². The van der Waals surface area contributed by atoms with Gasteiger partial charge in [-0.25, -0.2) is 0 Å². The van der Waals surface area contributed by atoms with Crippen molar-refractivity contribution >= 4 is 11.9 Å². The highest BCUT2D eigenvalue weighted by atomic mass is 16.6. The molecule has 0 N–H and O–H groups in total. The molecule has 4 nitrogen and oxygen atoms in total. The quantitative estimate of drug-likeness (QED) is 0.349. The van der Waals surface area contributed by atoms with Gasteiger partial charge in [-0.15, -0.1) is 0 Å². The SMILES string of the molecule is CCCC/C(C)=C/CCC(C(=O)OCC)C(=O)OCC. The first-order valence-corrected chi connectivity index (χ1v) is 7.55. The van der Waals surface area contributed by atoms with Gasteiger partial charge >= 0.3 is 11.9 Å². The van der Waals surface area contributed by atoms with Crippen molar-refractivity contribution < 1.29 is 19.1 Å². The van der Waals surface area contributed by atoms with Gasteiger partial charge in [-0.3, -0.25) is 9.59 Å². The first-order chi connectivity index (χ1) is 9.56. The average Bonchev–Trinajstić information content (AvgIpc) is 2.41. The van der Waals surface area contributed by atoms with Gasteiger partial charge in [0.05, 0.1) is 13.2 Å². The van der Waals surface area contributed by atoms with Crippen molar-refractivity contribution in [3.63, 3.8) is 0 Å². The van der Waals surface area contributed by atoms with Crippen molar-refractivity contribution in [2.45, 2.75) is 59.8 Å². The van der Waals surface area contributed by atoms with Gasteiger partial charge in [0, 0.05) is 0 Å². The summed E-state index contributed by atoms with van der Waals surface area (Å²) in [5, 5.41) is 0. The monoisotopic (exact) mass is 284 g/mol. The van der Waals surface area contributed by atoms with Crippen LogP contribution in [0.5, 0.6) is 0 Å². The van der Waals surface area contributed by atoms with Gasteiger partial charge in [0.25, 0.3) is 0 Å². The minimum atomic E-state index is -0.801. The lowest BCUT2D eigenvalue weighted by Gasteiger charge is -2.13. The van der Waals surface area contributed by atoms with Gasteiger partial charge in [0.1, 0.15) is 0 Å². The second-order valence-electron chi connectivity index (χ2n) is 4.79. The largest absolute Gasteiger partial charge is 0.465 e. The van der Waals surface area contributed by atoms with E-state index in [1.54, 1.807) is 13.8 Å². The van der Waals surface area contributed by atoms with Crippen LogP contribution in [-0.4, -0.2) is 25.2 Å². The molecule has 0 aromatic rings. The predicted octanol–water partition coefficient (Wildman–Crippen LogP) is 3.65. The zero-order valence-corrected chi connectivity index (χ0v) is 13.2. The van der Waals surface area contributed by atoms with Crippen LogP contribution in [0.4, 0.5) is 0 Å². The molecule has 0 saturated heterocycles. The molecule has 0 aliphatic rings. The molecule has 0 spiro atoms. The molecule has 4 heteroatoms. The minimum Gasteiger partial charge on any atom is -0.465 e. The average molecular weight is 284 g/mol. The lowest BCUT2D eigenvalue weighted by atomic mass is 10.0. The van der Waals surface area contributed by atoms with Gasteiger partial charge in [-0.05, 0) is 46.5 Å². The van der Waals surface area contributed by atoms with E-state index < -0.39 is 17.9 Å². The number of hydrogen-bond donors (Lipinski definition) is 0. The highest BCUT2D eigenvalue weighted by Gasteiger charge is 2.28. The van der Waals surface area contributed by atoms with Crippen molar-refractivity contribution in [3.05, 3.63) is 11.6 Å². The molecular weight excluding hydrogens is 256 g/mol. The van der Waals surface area contributed by atoms with Crippen molar-refractivity contribution in [1.82, 2.24) is 0 Å². The predicted molar refractivity (Wildman–Crippen MR) is 79.3 cm³/mol. The second kappa shape index (κ2) is 11.5. The van der Waals surface area contributed by atoms with Crippen LogP contribution >= 0.6 is 0 Å². The Bertz CT molecular complexity index is 302. The van der Waals surface area contributed by atoms with Gasteiger partial charge in [-0.1, -0.05) is 25.0 Å². The maximum absolute atomic E-state index is 11.8. The summed E-state index contributed by atoms with van der Waals surface area (Å²) in [6, 6.07) is 0. The van der Waals surface area contributed by atoms with E-state index in [0.717, 1.165) is 6.42 Å². The molecule has 116 valence electrons. The van der Waals surface area contributed by atoms with Crippen LogP contribution in [0.3, 0.4) is 0 Å². The molecule has 0 saturated carbocycles. The molecule has 0 bridgehead atoms. The molecule has 0 radical (unpaired) electrons. The zero-order chi connectivity index (χ0) is 15.4. The summed E-state index contributed by atoms with van der Waals surface area (Å²) in [5.41, 5.74) is 1.30. The van der Waals surface area contributed by atoms with Gasteiger partial charge < -0.3 is 9.47 Å². The molecule has 0 fully saturated rings. The third-order valence-corrected chi connectivity index (χ3v) is 3.02. The molecule has 0 unspecified atom stereocenters. The molecule has 0 rings (SSSR count). The fourth-order valence-corrected chi connectivity index (χ4v) is 1.87. The first kappa shape index (κ1) is 18.7. The van der Waals surface area contributed by atoms with Crippen LogP contribution in [0, 0.1) is 5.92 Å². The van der Waals surface area contributed by atoms with E-state index in [2.05, 4.69) is 19.9 Å². The van der Waals surface area contributed by atoms with Crippen molar-refractivity contribution in [2.24, 2.45) is 5.92 Å². The maximum Gasteiger partial charge on any atom is 0.320 e. The van der Waals surface area contributed by atoms with Crippen LogP contribution in [-0.2, 0) is 19.1 Å². The van der Waals surface area contributed by atoms with Crippen molar-refractivity contribution in [1.29, 1.82) is 0 Å². The first-order valence-electron chi connectivity index (χ1n) is 7.55. The van der Waals surface area contributed by atoms with Crippen LogP contribution in [0.15, 0.2) is 11.6 Å². The number of allylic oxidation sites excluding steroid dienone is 2. The number of esters is 2. The molecule has 0 aromatic carbocycles. The second-order valence-corrected chi connectivity index (χ2v) is 4.79. The number of unbranched alkanes of at least 4 members (excludes halogenated alkanes) is 1. The minimum absolute atomic E-state index is 0.278. The van der Waals surface area contributed by atoms with Crippen molar-refractivity contribution in [2.75, 3.05) is 13.2 Å². The molecule has 0 aliphatic carbocycles. The Morgan fingerprint density at radius 2 is 1.60 bits per heavy atom. The Morgan fingerprint density at radius 1 is 1.05 bits per heavy atom. The highest BCUT2D eigenvalue weighted by molar-refractivity contribution is 5.94. The summed E-state index contributed by atoms with van der Waals surface area (Å²) in [6.45, 7) is 8.26. The van der Waals surface area contributed by atoms with E-state index in [-0.39, 0.29) is 13.2 Å². The lowest BCUT2D eigenvalue weighted by molar-refractivity contribution is -0.161. The maximum atomic E-state index is 11.8. The van der Waals surface area contributed by atoms with E-state index in [4.69, 9.17) is 9.47 Å². The fourth-order valence-electron chi connectivity index (χ4n) is 1.87. The fraction of sp³-hybridized carbons (Fsp3) is 0.750. The highest BCUT2D eigenvalue weighted by Crippen LogP contribution is 2.15. The number of hydrogen-bond acceptors (Lipinski definition) is 4.